The van der Waals surface area contributed by atoms with Gasteiger partial charge in [0.1, 0.15) is 30.6 Å². The summed E-state index contributed by atoms with van der Waals surface area (Å²) in [6, 6.07) is 13.8. The number of methoxy groups -OCH3 is 2. The van der Waals surface area contributed by atoms with E-state index in [0.717, 1.165) is 0 Å². The molecular weight excluding hydrogens is 462 g/mol. The molecule has 2 aromatic carbocycles. The van der Waals surface area contributed by atoms with E-state index >= 15 is 0 Å². The zero-order chi connectivity index (χ0) is 24.5. The average molecular weight is 484 g/mol. The van der Waals surface area contributed by atoms with Gasteiger partial charge in [0, 0.05) is 6.07 Å². The minimum Gasteiger partial charge on any atom is -0.493 e. The number of nitrogens with zero attached hydrogens (tertiary/aromatic N) is 2. The van der Waals surface area contributed by atoms with Gasteiger partial charge in [-0.2, -0.15) is 5.26 Å². The molecule has 0 saturated heterocycles. The SMILES string of the molecule is COc1ccccc1OCCOc1c(Cl)cc(C=C(C#N)C(=O)Nc2cc(C)on2)cc1OC. The summed E-state index contributed by atoms with van der Waals surface area (Å²) in [6.45, 7) is 2.11. The molecule has 1 amide bonds. The molecule has 1 aromatic heterocycles. The second kappa shape index (κ2) is 11.6. The fourth-order valence-corrected chi connectivity index (χ4v) is 3.19. The summed E-state index contributed by atoms with van der Waals surface area (Å²) in [5.74, 6) is 1.95. The third-order valence-corrected chi connectivity index (χ3v) is 4.73. The molecule has 0 saturated carbocycles. The third kappa shape index (κ3) is 6.21. The lowest BCUT2D eigenvalue weighted by Crippen LogP contribution is -2.13. The second-order valence-corrected chi connectivity index (χ2v) is 7.24. The van der Waals surface area contributed by atoms with Gasteiger partial charge >= 0.3 is 0 Å². The van der Waals surface area contributed by atoms with Gasteiger partial charge in [0.25, 0.3) is 5.91 Å². The van der Waals surface area contributed by atoms with Crippen molar-refractivity contribution in [3.05, 3.63) is 64.4 Å². The minimum atomic E-state index is -0.639. The number of nitriles is 1. The molecule has 3 aromatic rings. The molecule has 176 valence electrons. The summed E-state index contributed by atoms with van der Waals surface area (Å²) in [6.07, 6.45) is 1.38. The number of para-hydroxylation sites is 2. The molecule has 10 heteroatoms. The van der Waals surface area contributed by atoms with Crippen LogP contribution in [0.4, 0.5) is 5.82 Å². The fraction of sp³-hybridized carbons (Fsp3) is 0.208. The molecule has 0 fully saturated rings. The summed E-state index contributed by atoms with van der Waals surface area (Å²) in [5.41, 5.74) is 0.320. The first-order valence-corrected chi connectivity index (χ1v) is 10.5. The molecule has 0 spiro atoms. The monoisotopic (exact) mass is 483 g/mol. The van der Waals surface area contributed by atoms with Crippen molar-refractivity contribution in [3.63, 3.8) is 0 Å². The normalized spacial score (nSPS) is 10.9. The predicted molar refractivity (Wildman–Crippen MR) is 125 cm³/mol. The van der Waals surface area contributed by atoms with Crippen molar-refractivity contribution in [2.45, 2.75) is 6.92 Å². The number of carbonyl (C=O) groups is 1. The average Bonchev–Trinajstić information content (AvgIpc) is 3.25. The molecule has 0 bridgehead atoms. The van der Waals surface area contributed by atoms with Gasteiger partial charge in [-0.3, -0.25) is 4.79 Å². The Balaban J connectivity index is 1.69. The van der Waals surface area contributed by atoms with Crippen LogP contribution in [0, 0.1) is 18.3 Å². The first-order chi connectivity index (χ1) is 16.4. The molecule has 34 heavy (non-hydrogen) atoms. The number of carbonyl (C=O) groups excluding carboxylic acids is 1. The number of hydrogen-bond acceptors (Lipinski definition) is 8. The van der Waals surface area contributed by atoms with Gasteiger partial charge in [-0.05, 0) is 42.8 Å². The lowest BCUT2D eigenvalue weighted by molar-refractivity contribution is -0.112. The molecule has 0 aliphatic carbocycles. The van der Waals surface area contributed by atoms with Crippen LogP contribution in [-0.4, -0.2) is 38.5 Å². The van der Waals surface area contributed by atoms with Gasteiger partial charge in [0.15, 0.2) is 28.8 Å². The van der Waals surface area contributed by atoms with Crippen molar-refractivity contribution in [2.75, 3.05) is 32.8 Å². The van der Waals surface area contributed by atoms with Crippen LogP contribution in [0.5, 0.6) is 23.0 Å². The van der Waals surface area contributed by atoms with E-state index in [0.29, 0.717) is 34.3 Å². The van der Waals surface area contributed by atoms with Crippen LogP contribution >= 0.6 is 11.6 Å². The van der Waals surface area contributed by atoms with E-state index < -0.39 is 5.91 Å². The Bertz CT molecular complexity index is 1230. The third-order valence-electron chi connectivity index (χ3n) is 4.45. The van der Waals surface area contributed by atoms with Crippen LogP contribution in [0.25, 0.3) is 6.08 Å². The second-order valence-electron chi connectivity index (χ2n) is 6.83. The van der Waals surface area contributed by atoms with Crippen molar-refractivity contribution in [2.24, 2.45) is 0 Å². The maximum absolute atomic E-state index is 12.4. The number of anilines is 1. The molecule has 3 rings (SSSR count). The Kier molecular flexibility index (Phi) is 8.37. The van der Waals surface area contributed by atoms with Gasteiger partial charge in [0.05, 0.1) is 19.2 Å². The number of benzene rings is 2. The highest BCUT2D eigenvalue weighted by atomic mass is 35.5. The fourth-order valence-electron chi connectivity index (χ4n) is 2.92. The molecule has 0 radical (unpaired) electrons. The Morgan fingerprint density at radius 3 is 2.47 bits per heavy atom. The van der Waals surface area contributed by atoms with E-state index in [9.17, 15) is 10.1 Å². The van der Waals surface area contributed by atoms with E-state index in [4.69, 9.17) is 35.1 Å². The summed E-state index contributed by atoms with van der Waals surface area (Å²) < 4.78 is 27.0. The maximum Gasteiger partial charge on any atom is 0.267 e. The molecular formula is C24H22ClN3O6. The Hall–Kier alpha value is -4.16. The standard InChI is InChI=1S/C24H22ClN3O6/c1-15-10-22(28-34-15)27-24(29)17(14-26)11-16-12-18(25)23(21(13-16)31-3)33-9-8-32-20-7-5-4-6-19(20)30-2/h4-7,10-13H,8-9H2,1-3H3,(H,27,28,29). The lowest BCUT2D eigenvalue weighted by atomic mass is 10.1. The van der Waals surface area contributed by atoms with Crippen LogP contribution in [0.15, 0.2) is 52.6 Å². The zero-order valence-electron chi connectivity index (χ0n) is 18.8. The number of hydrogen-bond donors (Lipinski definition) is 1. The molecule has 1 heterocycles. The molecule has 0 aliphatic rings. The number of rotatable bonds is 10. The van der Waals surface area contributed by atoms with Gasteiger partial charge in [-0.25, -0.2) is 0 Å². The van der Waals surface area contributed by atoms with Gasteiger partial charge in [0.2, 0.25) is 0 Å². The number of ether oxygens (including phenoxy) is 4. The highest BCUT2D eigenvalue weighted by Gasteiger charge is 2.15. The van der Waals surface area contributed by atoms with Crippen molar-refractivity contribution in [3.8, 4) is 29.1 Å². The van der Waals surface area contributed by atoms with E-state index in [1.54, 1.807) is 38.3 Å². The highest BCUT2D eigenvalue weighted by Crippen LogP contribution is 2.37. The Morgan fingerprint density at radius 1 is 1.12 bits per heavy atom. The summed E-state index contributed by atoms with van der Waals surface area (Å²) in [4.78, 5) is 12.4. The summed E-state index contributed by atoms with van der Waals surface area (Å²) in [7, 11) is 3.03. The zero-order valence-corrected chi connectivity index (χ0v) is 19.5. The largest absolute Gasteiger partial charge is 0.493 e. The highest BCUT2D eigenvalue weighted by molar-refractivity contribution is 6.32. The van der Waals surface area contributed by atoms with Crippen molar-refractivity contribution in [1.29, 1.82) is 5.26 Å². The summed E-state index contributed by atoms with van der Waals surface area (Å²) >= 11 is 6.39. The predicted octanol–water partition coefficient (Wildman–Crippen LogP) is 4.66. The topological polar surface area (TPSA) is 116 Å². The summed E-state index contributed by atoms with van der Waals surface area (Å²) in [5, 5.41) is 15.9. The van der Waals surface area contributed by atoms with Crippen LogP contribution < -0.4 is 24.3 Å². The minimum absolute atomic E-state index is 0.155. The smallest absolute Gasteiger partial charge is 0.267 e. The van der Waals surface area contributed by atoms with E-state index in [1.807, 2.05) is 18.2 Å². The quantitative estimate of drug-likeness (QED) is 0.251. The van der Waals surface area contributed by atoms with Gasteiger partial charge < -0.3 is 28.8 Å². The van der Waals surface area contributed by atoms with E-state index in [2.05, 4.69) is 10.5 Å². The lowest BCUT2D eigenvalue weighted by Gasteiger charge is -2.14. The molecule has 0 unspecified atom stereocenters. The van der Waals surface area contributed by atoms with E-state index in [1.165, 1.54) is 19.3 Å². The van der Waals surface area contributed by atoms with Crippen LogP contribution in [0.2, 0.25) is 5.02 Å². The molecule has 0 aliphatic heterocycles. The van der Waals surface area contributed by atoms with Crippen LogP contribution in [0.1, 0.15) is 11.3 Å². The number of halogens is 1. The number of nitrogens with one attached hydrogen (secondary N) is 1. The molecule has 1 N–H and O–H groups in total. The van der Waals surface area contributed by atoms with Crippen LogP contribution in [-0.2, 0) is 4.79 Å². The van der Waals surface area contributed by atoms with Crippen molar-refractivity contribution in [1.82, 2.24) is 5.16 Å². The van der Waals surface area contributed by atoms with Crippen molar-refractivity contribution < 1.29 is 28.3 Å². The number of aromatic nitrogens is 1. The van der Waals surface area contributed by atoms with Gasteiger partial charge in [-0.15, -0.1) is 0 Å². The van der Waals surface area contributed by atoms with E-state index in [-0.39, 0.29) is 29.6 Å². The van der Waals surface area contributed by atoms with Crippen LogP contribution in [0.3, 0.4) is 0 Å². The maximum atomic E-state index is 12.4. The Morgan fingerprint density at radius 2 is 1.82 bits per heavy atom. The number of amides is 1. The Labute approximate surface area is 201 Å². The molecule has 9 nitrogen and oxygen atoms in total. The van der Waals surface area contributed by atoms with Crippen molar-refractivity contribution >= 4 is 29.4 Å². The molecule has 0 atom stereocenters. The first-order valence-electron chi connectivity index (χ1n) is 10.1. The first kappa shape index (κ1) is 24.5. The van der Waals surface area contributed by atoms with Gasteiger partial charge in [-0.1, -0.05) is 28.9 Å². The number of aryl methyl sites for hydroxylation is 1.